The van der Waals surface area contributed by atoms with Crippen LogP contribution in [-0.2, 0) is 20.7 Å². The maximum atomic E-state index is 12.0. The molecule has 1 aromatic carbocycles. The van der Waals surface area contributed by atoms with E-state index in [1.54, 1.807) is 24.3 Å². The third-order valence-corrected chi connectivity index (χ3v) is 4.75. The summed E-state index contributed by atoms with van der Waals surface area (Å²) >= 11 is 0. The molecule has 0 spiro atoms. The molecule has 0 saturated heterocycles. The number of amides is 1. The molecule has 2 aromatic rings. The number of fused-ring (bicyclic) bond motifs is 1. The highest BCUT2D eigenvalue weighted by Crippen LogP contribution is 2.19. The number of para-hydroxylation sites is 1. The van der Waals surface area contributed by atoms with Gasteiger partial charge in [0, 0.05) is 13.0 Å². The lowest BCUT2D eigenvalue weighted by Gasteiger charge is -2.13. The molecule has 1 aliphatic rings. The van der Waals surface area contributed by atoms with Crippen LogP contribution in [0.2, 0.25) is 0 Å². The summed E-state index contributed by atoms with van der Waals surface area (Å²) in [6.07, 6.45) is 8.08. The Labute approximate surface area is 163 Å². The number of hydrogen-bond donors (Lipinski definition) is 2. The average Bonchev–Trinajstić information content (AvgIpc) is 2.71. The average molecular weight is 383 g/mol. The number of H-pyrrole nitrogens is 1. The number of nitrogens with one attached hydrogen (secondary N) is 2. The minimum absolute atomic E-state index is 0.0431. The van der Waals surface area contributed by atoms with Gasteiger partial charge in [0.05, 0.1) is 17.3 Å². The number of rotatable bonds is 8. The van der Waals surface area contributed by atoms with E-state index in [1.165, 1.54) is 18.4 Å². The van der Waals surface area contributed by atoms with E-state index in [-0.39, 0.29) is 30.9 Å². The van der Waals surface area contributed by atoms with Crippen LogP contribution < -0.4 is 10.9 Å². The van der Waals surface area contributed by atoms with Crippen molar-refractivity contribution in [2.24, 2.45) is 0 Å². The van der Waals surface area contributed by atoms with E-state index in [2.05, 4.69) is 21.4 Å². The van der Waals surface area contributed by atoms with Gasteiger partial charge in [-0.05, 0) is 44.2 Å². The maximum absolute atomic E-state index is 12.0. The van der Waals surface area contributed by atoms with Gasteiger partial charge < -0.3 is 15.0 Å². The van der Waals surface area contributed by atoms with Gasteiger partial charge in [0.2, 0.25) is 0 Å². The van der Waals surface area contributed by atoms with Crippen LogP contribution in [0.3, 0.4) is 0 Å². The summed E-state index contributed by atoms with van der Waals surface area (Å²) in [5.41, 5.74) is 1.74. The molecular weight excluding hydrogens is 358 g/mol. The standard InChI is InChI=1S/C21H25N3O4/c25-19(22-13-12-15-6-2-1-3-7-15)14-28-20(26)11-10-18-23-17-9-5-4-8-16(17)21(27)24-18/h4-6,8-9H,1-3,7,10-14H2,(H,22,25)(H,23,24,27). The lowest BCUT2D eigenvalue weighted by Crippen LogP contribution is -2.30. The summed E-state index contributed by atoms with van der Waals surface area (Å²) in [7, 11) is 0. The van der Waals surface area contributed by atoms with Gasteiger partial charge in [-0.3, -0.25) is 14.4 Å². The summed E-state index contributed by atoms with van der Waals surface area (Å²) < 4.78 is 5.00. The van der Waals surface area contributed by atoms with Crippen molar-refractivity contribution in [2.75, 3.05) is 13.2 Å². The molecule has 1 aliphatic carbocycles. The van der Waals surface area contributed by atoms with Gasteiger partial charge >= 0.3 is 5.97 Å². The number of benzene rings is 1. The number of allylic oxidation sites excluding steroid dienone is 1. The first-order valence-corrected chi connectivity index (χ1v) is 9.70. The SMILES string of the molecule is O=C(COC(=O)CCc1nc2ccccc2c(=O)[nH]1)NCCC1=CCCCC1. The molecule has 1 aromatic heterocycles. The van der Waals surface area contributed by atoms with Crippen LogP contribution in [0.15, 0.2) is 40.7 Å². The summed E-state index contributed by atoms with van der Waals surface area (Å²) in [6, 6.07) is 7.02. The summed E-state index contributed by atoms with van der Waals surface area (Å²) in [5.74, 6) is -0.381. The first-order valence-electron chi connectivity index (χ1n) is 9.70. The zero-order valence-corrected chi connectivity index (χ0v) is 15.8. The van der Waals surface area contributed by atoms with Crippen molar-refractivity contribution in [1.82, 2.24) is 15.3 Å². The van der Waals surface area contributed by atoms with Crippen molar-refractivity contribution in [3.05, 3.63) is 52.1 Å². The number of ether oxygens (including phenoxy) is 1. The molecule has 1 amide bonds. The molecule has 0 radical (unpaired) electrons. The Morgan fingerprint density at radius 3 is 2.86 bits per heavy atom. The Hall–Kier alpha value is -2.96. The third kappa shape index (κ3) is 5.77. The Morgan fingerprint density at radius 1 is 1.18 bits per heavy atom. The summed E-state index contributed by atoms with van der Waals surface area (Å²) in [4.78, 5) is 42.7. The van der Waals surface area contributed by atoms with Crippen LogP contribution in [0, 0.1) is 0 Å². The second-order valence-electron chi connectivity index (χ2n) is 6.90. The van der Waals surface area contributed by atoms with Crippen LogP contribution in [0.1, 0.15) is 44.3 Å². The van der Waals surface area contributed by atoms with Crippen molar-refractivity contribution in [3.63, 3.8) is 0 Å². The van der Waals surface area contributed by atoms with Crippen molar-refractivity contribution in [3.8, 4) is 0 Å². The first-order chi connectivity index (χ1) is 13.6. The summed E-state index contributed by atoms with van der Waals surface area (Å²) in [6.45, 7) is 0.268. The van der Waals surface area contributed by atoms with E-state index in [0.29, 0.717) is 23.3 Å². The number of nitrogens with zero attached hydrogens (tertiary/aromatic N) is 1. The number of aromatic nitrogens is 2. The van der Waals surface area contributed by atoms with Crippen LogP contribution in [0.4, 0.5) is 0 Å². The number of esters is 1. The Bertz CT molecular complexity index is 933. The molecule has 0 aliphatic heterocycles. The predicted molar refractivity (Wildman–Crippen MR) is 106 cm³/mol. The number of carbonyl (C=O) groups is 2. The molecule has 0 saturated carbocycles. The smallest absolute Gasteiger partial charge is 0.306 e. The zero-order chi connectivity index (χ0) is 19.8. The fourth-order valence-electron chi connectivity index (χ4n) is 3.24. The normalized spacial score (nSPS) is 13.8. The van der Waals surface area contributed by atoms with Crippen molar-refractivity contribution in [1.29, 1.82) is 0 Å². The van der Waals surface area contributed by atoms with Crippen LogP contribution in [0.5, 0.6) is 0 Å². The fraction of sp³-hybridized carbons (Fsp3) is 0.429. The molecule has 0 fully saturated rings. The minimum atomic E-state index is -0.499. The highest BCUT2D eigenvalue weighted by Gasteiger charge is 2.10. The maximum Gasteiger partial charge on any atom is 0.306 e. The summed E-state index contributed by atoms with van der Waals surface area (Å²) in [5, 5.41) is 3.28. The fourth-order valence-corrected chi connectivity index (χ4v) is 3.24. The Kier molecular flexibility index (Phi) is 6.94. The molecule has 2 N–H and O–H groups in total. The highest BCUT2D eigenvalue weighted by atomic mass is 16.5. The van der Waals surface area contributed by atoms with Gasteiger partial charge in [0.25, 0.3) is 11.5 Å². The van der Waals surface area contributed by atoms with Gasteiger partial charge in [-0.25, -0.2) is 4.98 Å². The molecule has 0 bridgehead atoms. The van der Waals surface area contributed by atoms with E-state index in [9.17, 15) is 14.4 Å². The van der Waals surface area contributed by atoms with E-state index in [1.807, 2.05) is 0 Å². The van der Waals surface area contributed by atoms with Gasteiger partial charge in [0.15, 0.2) is 6.61 Å². The van der Waals surface area contributed by atoms with Crippen LogP contribution >= 0.6 is 0 Å². The topological polar surface area (TPSA) is 101 Å². The second-order valence-corrected chi connectivity index (χ2v) is 6.90. The predicted octanol–water partition coefficient (Wildman–Crippen LogP) is 2.41. The van der Waals surface area contributed by atoms with Crippen LogP contribution in [-0.4, -0.2) is 35.0 Å². The number of hydrogen-bond acceptors (Lipinski definition) is 5. The highest BCUT2D eigenvalue weighted by molar-refractivity contribution is 5.80. The number of aromatic amines is 1. The number of carbonyl (C=O) groups excluding carboxylic acids is 2. The van der Waals surface area contributed by atoms with Gasteiger partial charge in [-0.1, -0.05) is 23.8 Å². The van der Waals surface area contributed by atoms with Crippen molar-refractivity contribution in [2.45, 2.75) is 44.9 Å². The lowest BCUT2D eigenvalue weighted by atomic mass is 9.97. The van der Waals surface area contributed by atoms with E-state index < -0.39 is 5.97 Å². The first kappa shape index (κ1) is 19.8. The molecule has 7 nitrogen and oxygen atoms in total. The largest absolute Gasteiger partial charge is 0.456 e. The quantitative estimate of drug-likeness (QED) is 0.538. The zero-order valence-electron chi connectivity index (χ0n) is 15.8. The van der Waals surface area contributed by atoms with Gasteiger partial charge in [0.1, 0.15) is 5.82 Å². The van der Waals surface area contributed by atoms with Gasteiger partial charge in [-0.2, -0.15) is 0 Å². The van der Waals surface area contributed by atoms with Gasteiger partial charge in [-0.15, -0.1) is 0 Å². The van der Waals surface area contributed by atoms with E-state index >= 15 is 0 Å². The van der Waals surface area contributed by atoms with Crippen LogP contribution in [0.25, 0.3) is 10.9 Å². The van der Waals surface area contributed by atoms with E-state index in [0.717, 1.165) is 19.3 Å². The molecule has 0 unspecified atom stereocenters. The van der Waals surface area contributed by atoms with Crippen molar-refractivity contribution >= 4 is 22.8 Å². The minimum Gasteiger partial charge on any atom is -0.456 e. The number of aryl methyl sites for hydroxylation is 1. The molecule has 148 valence electrons. The molecule has 3 rings (SSSR count). The molecule has 7 heteroatoms. The van der Waals surface area contributed by atoms with Crippen molar-refractivity contribution < 1.29 is 14.3 Å². The molecule has 0 atom stereocenters. The third-order valence-electron chi connectivity index (χ3n) is 4.75. The Balaban J connectivity index is 1.38. The molecule has 28 heavy (non-hydrogen) atoms. The lowest BCUT2D eigenvalue weighted by molar-refractivity contribution is -0.148. The molecular formula is C21H25N3O4. The molecule has 1 heterocycles. The Morgan fingerprint density at radius 2 is 2.04 bits per heavy atom. The van der Waals surface area contributed by atoms with E-state index in [4.69, 9.17) is 4.74 Å². The monoisotopic (exact) mass is 383 g/mol. The second kappa shape index (κ2) is 9.82.